The fourth-order valence-electron chi connectivity index (χ4n) is 8.23. The second kappa shape index (κ2) is 14.5. The van der Waals surface area contributed by atoms with Crippen LogP contribution in [0.2, 0.25) is 0 Å². The van der Waals surface area contributed by atoms with Crippen molar-refractivity contribution in [3.8, 4) is 33.6 Å². The molecule has 2 aromatic heterocycles. The van der Waals surface area contributed by atoms with Crippen molar-refractivity contribution in [1.29, 1.82) is 0 Å². The normalized spacial score (nSPS) is 18.9. The Bertz CT molecular complexity index is 2240. The molecule has 0 saturated carbocycles. The highest BCUT2D eigenvalue weighted by atomic mass is 16.5. The van der Waals surface area contributed by atoms with Crippen LogP contribution in [0, 0.1) is 5.92 Å². The van der Waals surface area contributed by atoms with E-state index in [1.807, 2.05) is 13.8 Å². The van der Waals surface area contributed by atoms with E-state index >= 15 is 0 Å². The summed E-state index contributed by atoms with van der Waals surface area (Å²) in [4.78, 5) is 48.6. The van der Waals surface area contributed by atoms with E-state index < -0.39 is 12.2 Å². The molecule has 54 heavy (non-hydrogen) atoms. The summed E-state index contributed by atoms with van der Waals surface area (Å²) >= 11 is 0. The Balaban J connectivity index is 0.983. The van der Waals surface area contributed by atoms with Gasteiger partial charge in [-0.25, -0.2) is 19.6 Å². The Morgan fingerprint density at radius 1 is 0.944 bits per heavy atom. The van der Waals surface area contributed by atoms with Gasteiger partial charge in [0.2, 0.25) is 0 Å². The lowest BCUT2D eigenvalue weighted by molar-refractivity contribution is 0.139. The number of methoxy groups -OCH3 is 1. The molecule has 2 fully saturated rings. The largest absolute Gasteiger partial charge is 0.465 e. The van der Waals surface area contributed by atoms with Gasteiger partial charge in [0.1, 0.15) is 11.6 Å². The number of carboxylic acid groups (broad SMARTS) is 1. The van der Waals surface area contributed by atoms with Crippen LogP contribution >= 0.6 is 0 Å². The minimum Gasteiger partial charge on any atom is -0.465 e. The number of guanidine groups is 1. The van der Waals surface area contributed by atoms with Gasteiger partial charge in [-0.15, -0.1) is 0 Å². The fourth-order valence-corrected chi connectivity index (χ4v) is 8.23. The first-order chi connectivity index (χ1) is 26.2. The van der Waals surface area contributed by atoms with E-state index in [0.717, 1.165) is 95.4 Å². The van der Waals surface area contributed by atoms with E-state index in [1.54, 1.807) is 6.20 Å². The molecule has 13 heteroatoms. The number of aliphatic imine (C=N–C) groups is 1. The van der Waals surface area contributed by atoms with Crippen molar-refractivity contribution in [2.24, 2.45) is 16.6 Å². The predicted molar refractivity (Wildman–Crippen MR) is 208 cm³/mol. The van der Waals surface area contributed by atoms with Gasteiger partial charge < -0.3 is 35.8 Å². The number of ether oxygens (including phenoxy) is 1. The van der Waals surface area contributed by atoms with Gasteiger partial charge in [0.05, 0.1) is 49.4 Å². The molecule has 280 valence electrons. The standard InChI is InChI=1S/C41H47N9O4/c1-23(2)32(47-40(51)54-3)21-44-39(42)49-16-4-7-35(49)38-45-31-15-13-28-19-27(12-14-30(28)36(31)48-38)24-8-9-26-20-29(11-10-25(26)18-24)33-22-43-37(46-33)34-6-5-17-50(34)41(52)53/h8-12,14,18-20,22-23,32,34-35H,4-7,13,15-17,21H2,1-3H3,(H2,42,44)(H,43,46)(H,45,48)(H,47,51)(H,52,53). The summed E-state index contributed by atoms with van der Waals surface area (Å²) in [7, 11) is 1.36. The smallest absolute Gasteiger partial charge is 0.407 e. The average molecular weight is 730 g/mol. The Morgan fingerprint density at radius 3 is 2.37 bits per heavy atom. The number of amides is 2. The van der Waals surface area contributed by atoms with Crippen LogP contribution in [0.3, 0.4) is 0 Å². The number of rotatable bonds is 8. The maximum atomic E-state index is 11.8. The molecule has 0 spiro atoms. The SMILES string of the molecule is COC(=O)NC(CN=C(N)N1CCCC1c1nc2c([nH]1)CCc1cc(-c3ccc4cc(-c5cnc(C6CCCN6C(=O)O)[nH]5)ccc4c3)ccc1-2)C(C)C. The van der Waals surface area contributed by atoms with Crippen molar-refractivity contribution >= 4 is 28.9 Å². The van der Waals surface area contributed by atoms with Gasteiger partial charge in [-0.1, -0.05) is 56.3 Å². The van der Waals surface area contributed by atoms with Gasteiger partial charge >= 0.3 is 12.2 Å². The zero-order valence-electron chi connectivity index (χ0n) is 30.9. The van der Waals surface area contributed by atoms with Crippen LogP contribution in [0.1, 0.15) is 74.5 Å². The summed E-state index contributed by atoms with van der Waals surface area (Å²) in [5, 5.41) is 14.7. The molecule has 13 nitrogen and oxygen atoms in total. The minimum absolute atomic E-state index is 0.0103. The third-order valence-corrected chi connectivity index (χ3v) is 11.3. The quantitative estimate of drug-likeness (QED) is 0.0835. The van der Waals surface area contributed by atoms with Crippen molar-refractivity contribution in [2.45, 2.75) is 70.5 Å². The fraction of sp³-hybridized carbons (Fsp3) is 0.390. The molecule has 1 aliphatic carbocycles. The van der Waals surface area contributed by atoms with Crippen molar-refractivity contribution in [3.05, 3.63) is 83.7 Å². The number of aromatic amines is 2. The number of hydrogen-bond acceptors (Lipinski definition) is 6. The first-order valence-electron chi connectivity index (χ1n) is 18.9. The van der Waals surface area contributed by atoms with E-state index in [4.69, 9.17) is 20.4 Å². The van der Waals surface area contributed by atoms with E-state index in [2.05, 4.69) is 79.8 Å². The monoisotopic (exact) mass is 729 g/mol. The highest BCUT2D eigenvalue weighted by molar-refractivity contribution is 5.91. The third-order valence-electron chi connectivity index (χ3n) is 11.3. The van der Waals surface area contributed by atoms with Crippen molar-refractivity contribution in [2.75, 3.05) is 26.7 Å². The van der Waals surface area contributed by atoms with E-state index in [0.29, 0.717) is 24.9 Å². The van der Waals surface area contributed by atoms with Gasteiger partial charge in [-0.05, 0) is 84.0 Å². The number of nitrogens with zero attached hydrogens (tertiary/aromatic N) is 5. The number of carbonyl (C=O) groups excluding carboxylic acids is 1. The number of aryl methyl sites for hydroxylation is 2. The molecule has 3 aromatic carbocycles. The van der Waals surface area contributed by atoms with Crippen LogP contribution in [0.15, 0.2) is 65.8 Å². The summed E-state index contributed by atoms with van der Waals surface area (Å²) in [5.41, 5.74) is 15.4. The molecule has 5 aromatic rings. The van der Waals surface area contributed by atoms with Gasteiger partial charge in [0.15, 0.2) is 5.96 Å². The summed E-state index contributed by atoms with van der Waals surface area (Å²) in [5.74, 6) is 2.25. The maximum Gasteiger partial charge on any atom is 0.407 e. The van der Waals surface area contributed by atoms with Gasteiger partial charge in [0, 0.05) is 29.9 Å². The molecule has 2 aliphatic heterocycles. The molecule has 8 rings (SSSR count). The Labute approximate surface area is 314 Å². The second-order valence-electron chi connectivity index (χ2n) is 15.0. The first-order valence-corrected chi connectivity index (χ1v) is 18.9. The Morgan fingerprint density at radius 2 is 1.63 bits per heavy atom. The van der Waals surface area contributed by atoms with Crippen LogP contribution in [-0.4, -0.2) is 85.8 Å². The van der Waals surface area contributed by atoms with E-state index in [-0.39, 0.29) is 24.0 Å². The van der Waals surface area contributed by atoms with Crippen molar-refractivity contribution in [1.82, 2.24) is 35.1 Å². The van der Waals surface area contributed by atoms with Gasteiger partial charge in [0.25, 0.3) is 0 Å². The minimum atomic E-state index is -0.902. The molecule has 0 radical (unpaired) electrons. The number of benzene rings is 3. The zero-order valence-corrected chi connectivity index (χ0v) is 30.9. The summed E-state index contributed by atoms with van der Waals surface area (Å²) < 4.78 is 4.79. The number of fused-ring (bicyclic) bond motifs is 4. The molecule has 3 aliphatic rings. The summed E-state index contributed by atoms with van der Waals surface area (Å²) in [6.45, 7) is 5.77. The molecule has 6 N–H and O–H groups in total. The maximum absolute atomic E-state index is 11.8. The molecular formula is C41H47N9O4. The van der Waals surface area contributed by atoms with Crippen LogP contribution in [0.5, 0.6) is 0 Å². The zero-order chi connectivity index (χ0) is 37.5. The number of H-pyrrole nitrogens is 2. The lowest BCUT2D eigenvalue weighted by atomic mass is 9.89. The number of hydrogen-bond donors (Lipinski definition) is 5. The Hall–Kier alpha value is -5.85. The molecule has 4 heterocycles. The molecule has 3 atom stereocenters. The topological polar surface area (TPSA) is 178 Å². The molecule has 3 unspecified atom stereocenters. The van der Waals surface area contributed by atoms with Gasteiger partial charge in [-0.3, -0.25) is 9.89 Å². The van der Waals surface area contributed by atoms with Crippen molar-refractivity contribution < 1.29 is 19.4 Å². The van der Waals surface area contributed by atoms with Crippen LogP contribution in [0.25, 0.3) is 44.4 Å². The number of alkyl carbamates (subject to hydrolysis) is 1. The highest BCUT2D eigenvalue weighted by Gasteiger charge is 2.33. The number of nitrogens with one attached hydrogen (secondary N) is 3. The van der Waals surface area contributed by atoms with E-state index in [9.17, 15) is 14.7 Å². The number of nitrogens with two attached hydrogens (primary N) is 1. The lowest BCUT2D eigenvalue weighted by Gasteiger charge is -2.25. The molecular weight excluding hydrogens is 683 g/mol. The predicted octanol–water partition coefficient (Wildman–Crippen LogP) is 7.03. The van der Waals surface area contributed by atoms with Crippen LogP contribution in [0.4, 0.5) is 9.59 Å². The number of aromatic nitrogens is 4. The molecule has 2 amide bonds. The summed E-state index contributed by atoms with van der Waals surface area (Å²) in [6, 6.07) is 19.2. The summed E-state index contributed by atoms with van der Waals surface area (Å²) in [6.07, 6.45) is 5.77. The van der Waals surface area contributed by atoms with Crippen LogP contribution in [-0.2, 0) is 17.6 Å². The number of carbonyl (C=O) groups is 2. The van der Waals surface area contributed by atoms with Crippen LogP contribution < -0.4 is 11.1 Å². The van der Waals surface area contributed by atoms with Crippen molar-refractivity contribution in [3.63, 3.8) is 0 Å². The average Bonchev–Trinajstić information content (AvgIpc) is 4.01. The lowest BCUT2D eigenvalue weighted by Crippen LogP contribution is -2.43. The second-order valence-corrected chi connectivity index (χ2v) is 15.0. The third kappa shape index (κ3) is 6.74. The first kappa shape index (κ1) is 35.2. The number of likely N-dealkylation sites (tertiary alicyclic amines) is 2. The van der Waals surface area contributed by atoms with Gasteiger partial charge in [-0.2, -0.15) is 0 Å². The molecule has 2 saturated heterocycles. The number of imidazole rings is 2. The van der Waals surface area contributed by atoms with E-state index in [1.165, 1.54) is 23.1 Å². The highest BCUT2D eigenvalue weighted by Crippen LogP contribution is 2.39. The molecule has 0 bridgehead atoms. The Kier molecular flexibility index (Phi) is 9.47.